The summed E-state index contributed by atoms with van der Waals surface area (Å²) < 4.78 is 0. The van der Waals surface area contributed by atoms with E-state index in [2.05, 4.69) is 10.3 Å². The Morgan fingerprint density at radius 3 is 2.50 bits per heavy atom. The first-order valence-corrected chi connectivity index (χ1v) is 5.27. The number of halogens is 1. The van der Waals surface area contributed by atoms with Gasteiger partial charge < -0.3 is 0 Å². The van der Waals surface area contributed by atoms with Crippen LogP contribution in [-0.4, -0.2) is 16.8 Å². The van der Waals surface area contributed by atoms with Crippen molar-refractivity contribution in [3.63, 3.8) is 0 Å². The predicted octanol–water partition coefficient (Wildman–Crippen LogP) is 2.13. The molecule has 0 aromatic carbocycles. The van der Waals surface area contributed by atoms with Crippen molar-refractivity contribution in [2.75, 3.05) is 0 Å². The largest absolute Gasteiger partial charge is 0.293 e. The molecule has 0 aliphatic carbocycles. The van der Waals surface area contributed by atoms with E-state index in [0.717, 1.165) is 5.69 Å². The van der Waals surface area contributed by atoms with Gasteiger partial charge in [-0.05, 0) is 18.1 Å². The van der Waals surface area contributed by atoms with Gasteiger partial charge in [-0.1, -0.05) is 25.4 Å². The minimum Gasteiger partial charge on any atom is -0.293 e. The number of carbonyl (C=O) groups is 2. The molecule has 4 nitrogen and oxygen atoms in total. The molecule has 16 heavy (non-hydrogen) atoms. The third-order valence-corrected chi connectivity index (χ3v) is 2.15. The maximum absolute atomic E-state index is 11.6. The fourth-order valence-electron chi connectivity index (χ4n) is 1.18. The van der Waals surface area contributed by atoms with Gasteiger partial charge in [-0.25, -0.2) is 4.98 Å². The number of pyridine rings is 1. The maximum atomic E-state index is 11.6. The number of carbonyl (C=O) groups excluding carboxylic acids is 2. The maximum Gasteiger partial charge on any atom is 0.258 e. The second-order valence-corrected chi connectivity index (χ2v) is 4.16. The number of rotatable bonds is 2. The normalized spacial score (nSPS) is 10.3. The van der Waals surface area contributed by atoms with Gasteiger partial charge in [0.1, 0.15) is 5.15 Å². The van der Waals surface area contributed by atoms with Gasteiger partial charge in [0.2, 0.25) is 5.91 Å². The fourth-order valence-corrected chi connectivity index (χ4v) is 1.39. The van der Waals surface area contributed by atoms with Crippen molar-refractivity contribution in [3.05, 3.63) is 28.5 Å². The van der Waals surface area contributed by atoms with E-state index in [4.69, 9.17) is 11.6 Å². The highest BCUT2D eigenvalue weighted by atomic mass is 35.5. The standard InChI is InChI=1S/C11H13ClN2O2/c1-6(2)9-4-8(5-10(12)14-9)11(16)13-7(3)15/h4-6H,1-3H3,(H,13,15,16). The van der Waals surface area contributed by atoms with Crippen molar-refractivity contribution in [3.8, 4) is 0 Å². The highest BCUT2D eigenvalue weighted by Gasteiger charge is 2.11. The molecule has 0 aliphatic heterocycles. The van der Waals surface area contributed by atoms with E-state index in [0.29, 0.717) is 5.56 Å². The average molecular weight is 241 g/mol. The number of imide groups is 1. The van der Waals surface area contributed by atoms with Crippen LogP contribution in [0.1, 0.15) is 42.7 Å². The molecule has 0 fully saturated rings. The van der Waals surface area contributed by atoms with Gasteiger partial charge >= 0.3 is 0 Å². The molecule has 0 saturated carbocycles. The minimum absolute atomic E-state index is 0.169. The third-order valence-electron chi connectivity index (χ3n) is 1.96. The van der Waals surface area contributed by atoms with Crippen LogP contribution in [0.5, 0.6) is 0 Å². The lowest BCUT2D eigenvalue weighted by Gasteiger charge is -2.07. The van der Waals surface area contributed by atoms with Crippen LogP contribution < -0.4 is 5.32 Å². The van der Waals surface area contributed by atoms with E-state index in [-0.39, 0.29) is 11.1 Å². The van der Waals surface area contributed by atoms with Crippen LogP contribution in [0.15, 0.2) is 12.1 Å². The summed E-state index contributed by atoms with van der Waals surface area (Å²) in [7, 11) is 0. The Hall–Kier alpha value is -1.42. The van der Waals surface area contributed by atoms with Gasteiger partial charge in [0.25, 0.3) is 5.91 Å². The summed E-state index contributed by atoms with van der Waals surface area (Å²) in [6.45, 7) is 5.18. The zero-order valence-corrected chi connectivity index (χ0v) is 10.1. The second-order valence-electron chi connectivity index (χ2n) is 3.77. The summed E-state index contributed by atoms with van der Waals surface area (Å²) in [5.41, 5.74) is 1.07. The van der Waals surface area contributed by atoms with Gasteiger partial charge in [0.05, 0.1) is 0 Å². The van der Waals surface area contributed by atoms with Crippen LogP contribution in [0.25, 0.3) is 0 Å². The zero-order chi connectivity index (χ0) is 12.3. The van der Waals surface area contributed by atoms with Crippen LogP contribution >= 0.6 is 11.6 Å². The van der Waals surface area contributed by atoms with Crippen molar-refractivity contribution >= 4 is 23.4 Å². The van der Waals surface area contributed by atoms with E-state index < -0.39 is 11.8 Å². The van der Waals surface area contributed by atoms with E-state index in [1.165, 1.54) is 13.0 Å². The first-order chi connectivity index (χ1) is 7.40. The van der Waals surface area contributed by atoms with Gasteiger partial charge in [-0.2, -0.15) is 0 Å². The molecule has 0 atom stereocenters. The number of nitrogens with zero attached hydrogens (tertiary/aromatic N) is 1. The summed E-state index contributed by atoms with van der Waals surface area (Å²) >= 11 is 5.80. The zero-order valence-electron chi connectivity index (χ0n) is 9.37. The highest BCUT2D eigenvalue weighted by molar-refractivity contribution is 6.29. The number of amides is 2. The first kappa shape index (κ1) is 12.6. The Morgan fingerprint density at radius 1 is 1.38 bits per heavy atom. The molecule has 5 heteroatoms. The van der Waals surface area contributed by atoms with Gasteiger partial charge in [0.15, 0.2) is 0 Å². The molecular formula is C11H13ClN2O2. The molecule has 0 unspecified atom stereocenters. The van der Waals surface area contributed by atoms with E-state index >= 15 is 0 Å². The Labute approximate surface area is 99.0 Å². The van der Waals surface area contributed by atoms with E-state index in [1.54, 1.807) is 6.07 Å². The predicted molar refractivity (Wildman–Crippen MR) is 61.5 cm³/mol. The number of nitrogens with one attached hydrogen (secondary N) is 1. The number of aromatic nitrogens is 1. The quantitative estimate of drug-likeness (QED) is 0.806. The molecular weight excluding hydrogens is 228 g/mol. The third kappa shape index (κ3) is 3.31. The van der Waals surface area contributed by atoms with E-state index in [1.807, 2.05) is 13.8 Å². The van der Waals surface area contributed by atoms with Crippen LogP contribution in [0.3, 0.4) is 0 Å². The number of hydrogen-bond donors (Lipinski definition) is 1. The fraction of sp³-hybridized carbons (Fsp3) is 0.364. The van der Waals surface area contributed by atoms with Gasteiger partial charge in [-0.15, -0.1) is 0 Å². The average Bonchev–Trinajstić information content (AvgIpc) is 2.15. The van der Waals surface area contributed by atoms with Crippen molar-refractivity contribution in [2.24, 2.45) is 0 Å². The Kier molecular flexibility index (Phi) is 4.01. The summed E-state index contributed by atoms with van der Waals surface area (Å²) in [6, 6.07) is 3.07. The molecule has 1 rings (SSSR count). The molecule has 0 saturated heterocycles. The molecule has 0 aliphatic rings. The van der Waals surface area contributed by atoms with Crippen molar-refractivity contribution in [2.45, 2.75) is 26.7 Å². The molecule has 86 valence electrons. The van der Waals surface area contributed by atoms with E-state index in [9.17, 15) is 9.59 Å². The second kappa shape index (κ2) is 5.07. The number of hydrogen-bond acceptors (Lipinski definition) is 3. The van der Waals surface area contributed by atoms with Gasteiger partial charge in [0, 0.05) is 18.2 Å². The van der Waals surface area contributed by atoms with Gasteiger partial charge in [-0.3, -0.25) is 14.9 Å². The summed E-state index contributed by atoms with van der Waals surface area (Å²) in [5, 5.41) is 2.44. The molecule has 1 aromatic rings. The lowest BCUT2D eigenvalue weighted by Crippen LogP contribution is -2.28. The minimum atomic E-state index is -0.460. The van der Waals surface area contributed by atoms with Crippen LogP contribution in [0, 0.1) is 0 Å². The molecule has 2 amide bonds. The Morgan fingerprint density at radius 2 is 2.00 bits per heavy atom. The molecule has 0 spiro atoms. The SMILES string of the molecule is CC(=O)NC(=O)c1cc(Cl)nc(C(C)C)c1. The molecule has 0 bridgehead atoms. The highest BCUT2D eigenvalue weighted by Crippen LogP contribution is 2.17. The van der Waals surface area contributed by atoms with Crippen LogP contribution in [-0.2, 0) is 4.79 Å². The van der Waals surface area contributed by atoms with Crippen molar-refractivity contribution in [1.29, 1.82) is 0 Å². The first-order valence-electron chi connectivity index (χ1n) is 4.89. The topological polar surface area (TPSA) is 59.1 Å². The lowest BCUT2D eigenvalue weighted by molar-refractivity contribution is -0.118. The lowest BCUT2D eigenvalue weighted by atomic mass is 10.1. The molecule has 1 heterocycles. The monoisotopic (exact) mass is 240 g/mol. The molecule has 0 radical (unpaired) electrons. The van der Waals surface area contributed by atoms with Crippen LogP contribution in [0.4, 0.5) is 0 Å². The Bertz CT molecular complexity index is 430. The molecule has 1 N–H and O–H groups in total. The summed E-state index contributed by atoms with van der Waals surface area (Å²) in [5.74, 6) is -0.690. The molecule has 1 aromatic heterocycles. The summed E-state index contributed by atoms with van der Waals surface area (Å²) in [4.78, 5) is 26.4. The van der Waals surface area contributed by atoms with Crippen molar-refractivity contribution < 1.29 is 9.59 Å². The van der Waals surface area contributed by atoms with Crippen molar-refractivity contribution in [1.82, 2.24) is 10.3 Å². The summed E-state index contributed by atoms with van der Waals surface area (Å²) in [6.07, 6.45) is 0. The Balaban J connectivity index is 3.04. The van der Waals surface area contributed by atoms with Crippen LogP contribution in [0.2, 0.25) is 5.15 Å². The smallest absolute Gasteiger partial charge is 0.258 e.